The fraction of sp³-hybridized carbons (Fsp3) is 0.333. The fourth-order valence-electron chi connectivity index (χ4n) is 3.21. The van der Waals surface area contributed by atoms with Crippen molar-refractivity contribution in [2.24, 2.45) is 7.05 Å². The number of para-hydroxylation sites is 1. The molecule has 1 aliphatic rings. The van der Waals surface area contributed by atoms with Gasteiger partial charge in [0.05, 0.1) is 24.7 Å². The highest BCUT2D eigenvalue weighted by molar-refractivity contribution is 7.99. The molecule has 0 aliphatic carbocycles. The number of ether oxygens (including phenoxy) is 2. The summed E-state index contributed by atoms with van der Waals surface area (Å²) in [6, 6.07) is 16.5. The molecule has 1 aliphatic heterocycles. The molecule has 10 heteroatoms. The number of sulfonamides is 1. The first kappa shape index (κ1) is 21.8. The SMILES string of the molecule is Cn1c(SCCOc2ccccc2)nnc1-c1ccc(S(=O)(=O)N2CCOCC2)cc1. The zero-order valence-corrected chi connectivity index (χ0v) is 18.8. The van der Waals surface area contributed by atoms with Gasteiger partial charge in [0, 0.05) is 31.5 Å². The van der Waals surface area contributed by atoms with Crippen LogP contribution in [0.2, 0.25) is 0 Å². The molecule has 164 valence electrons. The van der Waals surface area contributed by atoms with Crippen molar-refractivity contribution in [1.29, 1.82) is 0 Å². The summed E-state index contributed by atoms with van der Waals surface area (Å²) in [5.41, 5.74) is 0.809. The maximum Gasteiger partial charge on any atom is 0.243 e. The lowest BCUT2D eigenvalue weighted by Crippen LogP contribution is -2.40. The van der Waals surface area contributed by atoms with Crippen LogP contribution in [0, 0.1) is 0 Å². The van der Waals surface area contributed by atoms with Crippen LogP contribution in [0.3, 0.4) is 0 Å². The van der Waals surface area contributed by atoms with E-state index in [1.807, 2.05) is 41.9 Å². The monoisotopic (exact) mass is 460 g/mol. The largest absolute Gasteiger partial charge is 0.493 e. The third-order valence-corrected chi connectivity index (χ3v) is 7.78. The quantitative estimate of drug-likeness (QED) is 0.377. The van der Waals surface area contributed by atoms with E-state index < -0.39 is 10.0 Å². The second-order valence-corrected chi connectivity index (χ2v) is 9.92. The highest BCUT2D eigenvalue weighted by Crippen LogP contribution is 2.25. The molecule has 0 spiro atoms. The highest BCUT2D eigenvalue weighted by Gasteiger charge is 2.26. The molecule has 1 saturated heterocycles. The minimum absolute atomic E-state index is 0.271. The lowest BCUT2D eigenvalue weighted by Gasteiger charge is -2.26. The molecular weight excluding hydrogens is 436 g/mol. The number of benzene rings is 2. The summed E-state index contributed by atoms with van der Waals surface area (Å²) >= 11 is 1.56. The Bertz CT molecular complexity index is 1100. The van der Waals surface area contributed by atoms with Crippen molar-refractivity contribution in [3.05, 3.63) is 54.6 Å². The van der Waals surface area contributed by atoms with Crippen molar-refractivity contribution in [1.82, 2.24) is 19.1 Å². The Kier molecular flexibility index (Phi) is 6.91. The summed E-state index contributed by atoms with van der Waals surface area (Å²) in [6.07, 6.45) is 0. The molecule has 3 aromatic rings. The number of hydrogen-bond donors (Lipinski definition) is 0. The van der Waals surface area contributed by atoms with Gasteiger partial charge in [0.15, 0.2) is 11.0 Å². The van der Waals surface area contributed by atoms with Crippen LogP contribution >= 0.6 is 11.8 Å². The van der Waals surface area contributed by atoms with Crippen molar-refractivity contribution in [3.63, 3.8) is 0 Å². The standard InChI is InChI=1S/C21H24N4O4S2/c1-24-20(22-23-21(24)30-16-15-29-18-5-3-2-4-6-18)17-7-9-19(10-8-17)31(26,27)25-11-13-28-14-12-25/h2-10H,11-16H2,1H3. The zero-order chi connectivity index (χ0) is 21.7. The molecule has 0 radical (unpaired) electrons. The van der Waals surface area contributed by atoms with Gasteiger partial charge in [-0.15, -0.1) is 10.2 Å². The summed E-state index contributed by atoms with van der Waals surface area (Å²) < 4.78 is 39.9. The minimum atomic E-state index is -3.51. The normalized spacial score (nSPS) is 15.1. The molecule has 8 nitrogen and oxygen atoms in total. The highest BCUT2D eigenvalue weighted by atomic mass is 32.2. The molecule has 1 aromatic heterocycles. The van der Waals surface area contributed by atoms with Crippen LogP contribution in [-0.4, -0.2) is 66.2 Å². The summed E-state index contributed by atoms with van der Waals surface area (Å²) in [7, 11) is -1.61. The first-order valence-electron chi connectivity index (χ1n) is 9.94. The van der Waals surface area contributed by atoms with Crippen LogP contribution in [0.5, 0.6) is 5.75 Å². The number of morpholine rings is 1. The third kappa shape index (κ3) is 5.09. The number of thioether (sulfide) groups is 1. The molecule has 31 heavy (non-hydrogen) atoms. The average molecular weight is 461 g/mol. The molecule has 1 fully saturated rings. The predicted molar refractivity (Wildman–Crippen MR) is 119 cm³/mol. The van der Waals surface area contributed by atoms with Gasteiger partial charge in [-0.3, -0.25) is 0 Å². The molecule has 0 N–H and O–H groups in total. The molecule has 2 aromatic carbocycles. The van der Waals surface area contributed by atoms with E-state index in [1.54, 1.807) is 36.0 Å². The van der Waals surface area contributed by atoms with E-state index in [2.05, 4.69) is 10.2 Å². The summed E-state index contributed by atoms with van der Waals surface area (Å²) in [4.78, 5) is 0.271. The van der Waals surface area contributed by atoms with Crippen molar-refractivity contribution >= 4 is 21.8 Å². The Balaban J connectivity index is 1.39. The molecule has 0 saturated carbocycles. The first-order valence-corrected chi connectivity index (χ1v) is 12.4. The topological polar surface area (TPSA) is 86.5 Å². The smallest absolute Gasteiger partial charge is 0.243 e. The molecule has 0 unspecified atom stereocenters. The fourth-order valence-corrected chi connectivity index (χ4v) is 5.35. The van der Waals surface area contributed by atoms with E-state index in [4.69, 9.17) is 9.47 Å². The van der Waals surface area contributed by atoms with E-state index in [-0.39, 0.29) is 4.90 Å². The van der Waals surface area contributed by atoms with Crippen LogP contribution < -0.4 is 4.74 Å². The summed E-state index contributed by atoms with van der Waals surface area (Å²) in [5.74, 6) is 2.26. The van der Waals surface area contributed by atoms with Gasteiger partial charge in [0.25, 0.3) is 0 Å². The Hall–Kier alpha value is -2.40. The van der Waals surface area contributed by atoms with Crippen molar-refractivity contribution in [3.8, 4) is 17.1 Å². The molecule has 2 heterocycles. The number of nitrogens with zero attached hydrogens (tertiary/aromatic N) is 4. The number of hydrogen-bond acceptors (Lipinski definition) is 7. The lowest BCUT2D eigenvalue weighted by atomic mass is 10.2. The van der Waals surface area contributed by atoms with Crippen molar-refractivity contribution < 1.29 is 17.9 Å². The molecule has 4 rings (SSSR count). The van der Waals surface area contributed by atoms with E-state index in [0.29, 0.717) is 38.7 Å². The maximum absolute atomic E-state index is 12.8. The molecule has 0 amide bonds. The Morgan fingerprint density at radius 2 is 1.74 bits per heavy atom. The third-order valence-electron chi connectivity index (χ3n) is 4.88. The van der Waals surface area contributed by atoms with E-state index in [1.165, 1.54) is 4.31 Å². The Labute approximate surface area is 186 Å². The van der Waals surface area contributed by atoms with Crippen molar-refractivity contribution in [2.75, 3.05) is 38.7 Å². The summed E-state index contributed by atoms with van der Waals surface area (Å²) in [5, 5.41) is 9.32. The Morgan fingerprint density at radius 1 is 1.03 bits per heavy atom. The van der Waals surface area contributed by atoms with Crippen LogP contribution in [0.4, 0.5) is 0 Å². The number of aromatic nitrogens is 3. The average Bonchev–Trinajstić information content (AvgIpc) is 3.18. The first-order chi connectivity index (χ1) is 15.1. The minimum Gasteiger partial charge on any atom is -0.493 e. The second-order valence-electron chi connectivity index (χ2n) is 6.92. The molecule has 0 bridgehead atoms. The Morgan fingerprint density at radius 3 is 2.45 bits per heavy atom. The second kappa shape index (κ2) is 9.82. The number of rotatable bonds is 8. The van der Waals surface area contributed by atoms with Gasteiger partial charge in [-0.1, -0.05) is 30.0 Å². The van der Waals surface area contributed by atoms with E-state index in [9.17, 15) is 8.42 Å². The van der Waals surface area contributed by atoms with Gasteiger partial charge in [-0.2, -0.15) is 4.31 Å². The molecule has 0 atom stereocenters. The van der Waals surface area contributed by atoms with Gasteiger partial charge in [-0.25, -0.2) is 8.42 Å². The predicted octanol–water partition coefficient (Wildman–Crippen LogP) is 2.67. The van der Waals surface area contributed by atoms with Crippen LogP contribution in [0.15, 0.2) is 64.6 Å². The van der Waals surface area contributed by atoms with Gasteiger partial charge < -0.3 is 14.0 Å². The van der Waals surface area contributed by atoms with Crippen LogP contribution in [0.25, 0.3) is 11.4 Å². The maximum atomic E-state index is 12.8. The van der Waals surface area contributed by atoms with Crippen LogP contribution in [-0.2, 0) is 21.8 Å². The van der Waals surface area contributed by atoms with Gasteiger partial charge in [0.2, 0.25) is 10.0 Å². The van der Waals surface area contributed by atoms with Crippen molar-refractivity contribution in [2.45, 2.75) is 10.1 Å². The van der Waals surface area contributed by atoms with Gasteiger partial charge in [-0.05, 0) is 36.4 Å². The molecular formula is C21H24N4O4S2. The van der Waals surface area contributed by atoms with E-state index >= 15 is 0 Å². The van der Waals surface area contributed by atoms with Gasteiger partial charge in [0.1, 0.15) is 5.75 Å². The van der Waals surface area contributed by atoms with Gasteiger partial charge >= 0.3 is 0 Å². The zero-order valence-electron chi connectivity index (χ0n) is 17.2. The summed E-state index contributed by atoms with van der Waals surface area (Å²) in [6.45, 7) is 2.16. The van der Waals surface area contributed by atoms with E-state index in [0.717, 1.165) is 22.2 Å². The lowest BCUT2D eigenvalue weighted by molar-refractivity contribution is 0.0730. The van der Waals surface area contributed by atoms with Crippen LogP contribution in [0.1, 0.15) is 0 Å².